The highest BCUT2D eigenvalue weighted by atomic mass is 32.1. The van der Waals surface area contributed by atoms with E-state index in [2.05, 4.69) is 178 Å². The molecule has 0 N–H and O–H groups in total. The summed E-state index contributed by atoms with van der Waals surface area (Å²) in [4.78, 5) is 10.8. The summed E-state index contributed by atoms with van der Waals surface area (Å²) < 4.78 is 4.55. The topological polar surface area (TPSA) is 25.8 Å². The molecule has 0 fully saturated rings. The van der Waals surface area contributed by atoms with E-state index in [9.17, 15) is 0 Å². The Morgan fingerprint density at radius 3 is 1.25 bits per heavy atom. The Balaban J connectivity index is 1.44. The minimum Gasteiger partial charge on any atom is -0.248 e. The van der Waals surface area contributed by atoms with Crippen LogP contribution in [0.1, 0.15) is 45.0 Å². The Labute approximate surface area is 312 Å². The third-order valence-electron chi connectivity index (χ3n) is 9.63. The van der Waals surface area contributed by atoms with Gasteiger partial charge < -0.3 is 0 Å². The lowest BCUT2D eigenvalue weighted by atomic mass is 10.0. The summed E-state index contributed by atoms with van der Waals surface area (Å²) in [6.07, 6.45) is 17.1. The first-order valence-corrected chi connectivity index (χ1v) is 19.2. The van der Waals surface area contributed by atoms with Crippen molar-refractivity contribution >= 4 is 65.8 Å². The molecule has 0 atom stereocenters. The van der Waals surface area contributed by atoms with E-state index >= 15 is 0 Å². The van der Waals surface area contributed by atoms with Crippen molar-refractivity contribution in [2.75, 3.05) is 0 Å². The van der Waals surface area contributed by atoms with Crippen LogP contribution in [0.5, 0.6) is 0 Å². The van der Waals surface area contributed by atoms with Crippen molar-refractivity contribution in [2.45, 2.75) is 20.8 Å². The van der Waals surface area contributed by atoms with Crippen LogP contribution >= 0.6 is 22.7 Å². The van der Waals surface area contributed by atoms with Gasteiger partial charge in [-0.15, -0.1) is 22.7 Å². The number of nitrogens with zero attached hydrogens (tertiary/aromatic N) is 2. The molecule has 0 saturated heterocycles. The standard InChI is InChI=1S/C48H34N2S2/c1-30-8-15-34(16-9-30)46-39-23-22-38(49-39)37(21-14-33-6-4-5-7-33)42-26-27-43(51-42)47(35-17-10-31(2)11-18-35)40-24-25-41(50-40)48(45-29-28-44(46)52-45)36-19-12-32(3)13-20-36/h4-13,15-20,22-29,33H,1-3H3. The summed E-state index contributed by atoms with van der Waals surface area (Å²) in [6.45, 7) is 6.39. The molecule has 9 rings (SSSR count). The summed E-state index contributed by atoms with van der Waals surface area (Å²) in [5, 5.41) is 0. The molecule has 0 unspecified atom stereocenters. The molecule has 2 aliphatic heterocycles. The Kier molecular flexibility index (Phi) is 8.24. The molecular weight excluding hydrogens is 669 g/mol. The molecular formula is C48H34N2S2. The Hall–Kier alpha value is -5.86. The average molecular weight is 703 g/mol. The number of thiophene rings is 2. The number of aromatic nitrogens is 2. The summed E-state index contributed by atoms with van der Waals surface area (Å²) in [7, 11) is 0. The summed E-state index contributed by atoms with van der Waals surface area (Å²) in [5.74, 6) is 7.18. The van der Waals surface area contributed by atoms with Crippen molar-refractivity contribution in [3.05, 3.63) is 166 Å². The fourth-order valence-corrected chi connectivity index (χ4v) is 9.09. The number of allylic oxidation sites excluding steroid dienone is 4. The van der Waals surface area contributed by atoms with Crippen LogP contribution in [-0.4, -0.2) is 9.97 Å². The minimum absolute atomic E-state index is 0.0848. The molecule has 2 nitrogen and oxygen atoms in total. The fraction of sp³-hybridized carbons (Fsp3) is 0.0833. The molecule has 0 spiro atoms. The smallest absolute Gasteiger partial charge is 0.0808 e. The molecule has 52 heavy (non-hydrogen) atoms. The van der Waals surface area contributed by atoms with Gasteiger partial charge in [0.05, 0.1) is 34.3 Å². The largest absolute Gasteiger partial charge is 0.248 e. The highest BCUT2D eigenvalue weighted by molar-refractivity contribution is 7.24. The summed E-state index contributed by atoms with van der Waals surface area (Å²) >= 11 is 3.54. The number of hydrogen-bond acceptors (Lipinski definition) is 4. The molecule has 248 valence electrons. The molecule has 0 radical (unpaired) electrons. The predicted molar refractivity (Wildman–Crippen MR) is 225 cm³/mol. The molecule has 3 aromatic carbocycles. The maximum Gasteiger partial charge on any atom is 0.0808 e. The first kappa shape index (κ1) is 32.1. The van der Waals surface area contributed by atoms with E-state index in [1.165, 1.54) is 16.7 Å². The van der Waals surface area contributed by atoms with E-state index in [0.29, 0.717) is 0 Å². The van der Waals surface area contributed by atoms with Crippen LogP contribution in [0.15, 0.2) is 121 Å². The third-order valence-corrected chi connectivity index (χ3v) is 11.9. The quantitative estimate of drug-likeness (QED) is 0.171. The van der Waals surface area contributed by atoms with Gasteiger partial charge in [-0.2, -0.15) is 0 Å². The number of fused-ring (bicyclic) bond motifs is 8. The van der Waals surface area contributed by atoms with Crippen LogP contribution in [0.25, 0.3) is 76.5 Å². The van der Waals surface area contributed by atoms with Gasteiger partial charge in [-0.05, 0) is 86.0 Å². The second kappa shape index (κ2) is 13.4. The lowest BCUT2D eigenvalue weighted by Gasteiger charge is -2.06. The molecule has 1 aliphatic carbocycles. The van der Waals surface area contributed by atoms with Gasteiger partial charge in [0.15, 0.2) is 0 Å². The fourth-order valence-electron chi connectivity index (χ4n) is 6.84. The Bertz CT molecular complexity index is 2680. The number of hydrogen-bond donors (Lipinski definition) is 0. The van der Waals surface area contributed by atoms with Gasteiger partial charge in [0, 0.05) is 35.5 Å². The van der Waals surface area contributed by atoms with Gasteiger partial charge in [0.1, 0.15) is 0 Å². The monoisotopic (exact) mass is 702 g/mol. The van der Waals surface area contributed by atoms with Crippen LogP contribution in [0, 0.1) is 38.5 Å². The van der Waals surface area contributed by atoms with Crippen LogP contribution in [0.3, 0.4) is 0 Å². The van der Waals surface area contributed by atoms with Crippen LogP contribution in [0.4, 0.5) is 0 Å². The molecule has 5 heterocycles. The van der Waals surface area contributed by atoms with Crippen LogP contribution in [0.2, 0.25) is 0 Å². The van der Waals surface area contributed by atoms with Gasteiger partial charge >= 0.3 is 0 Å². The van der Waals surface area contributed by atoms with Gasteiger partial charge in [0.25, 0.3) is 0 Å². The van der Waals surface area contributed by atoms with Crippen LogP contribution in [-0.2, 0) is 0 Å². The van der Waals surface area contributed by atoms with E-state index in [-0.39, 0.29) is 5.92 Å². The molecule has 8 bridgehead atoms. The zero-order valence-corrected chi connectivity index (χ0v) is 30.8. The number of benzene rings is 3. The lowest BCUT2D eigenvalue weighted by Crippen LogP contribution is -1.87. The predicted octanol–water partition coefficient (Wildman–Crippen LogP) is 13.1. The first-order chi connectivity index (χ1) is 25.5. The van der Waals surface area contributed by atoms with Crippen molar-refractivity contribution in [1.82, 2.24) is 9.97 Å². The van der Waals surface area contributed by atoms with Crippen molar-refractivity contribution in [3.8, 4) is 45.2 Å². The van der Waals surface area contributed by atoms with E-state index in [4.69, 9.17) is 9.97 Å². The highest BCUT2D eigenvalue weighted by Gasteiger charge is 2.18. The van der Waals surface area contributed by atoms with E-state index in [1.54, 1.807) is 22.7 Å². The van der Waals surface area contributed by atoms with Crippen LogP contribution < -0.4 is 0 Å². The highest BCUT2D eigenvalue weighted by Crippen LogP contribution is 2.41. The molecule has 0 amide bonds. The van der Waals surface area contributed by atoms with Gasteiger partial charge in [-0.25, -0.2) is 9.97 Å². The molecule has 6 aromatic rings. The molecule has 3 aromatic heterocycles. The maximum absolute atomic E-state index is 5.44. The molecule has 3 aliphatic rings. The summed E-state index contributed by atoms with van der Waals surface area (Å²) in [6, 6.07) is 35.3. The normalized spacial score (nSPS) is 13.1. The molecule has 0 saturated carbocycles. The van der Waals surface area contributed by atoms with Crippen molar-refractivity contribution in [1.29, 1.82) is 0 Å². The van der Waals surface area contributed by atoms with E-state index < -0.39 is 0 Å². The number of aryl methyl sites for hydroxylation is 3. The maximum atomic E-state index is 5.44. The molecule has 4 heteroatoms. The van der Waals surface area contributed by atoms with Gasteiger partial charge in [0.2, 0.25) is 0 Å². The third kappa shape index (κ3) is 6.09. The lowest BCUT2D eigenvalue weighted by molar-refractivity contribution is 1.15. The Morgan fingerprint density at radius 2 is 0.808 bits per heavy atom. The Morgan fingerprint density at radius 1 is 0.442 bits per heavy atom. The first-order valence-electron chi connectivity index (χ1n) is 17.5. The average Bonchev–Trinajstić information content (AvgIpc) is 4.01. The van der Waals surface area contributed by atoms with Crippen molar-refractivity contribution < 1.29 is 0 Å². The SMILES string of the molecule is Cc1ccc(-c2c3nc(c(-c4ccc(C)cc4)c4ccc(s4)c(-c4ccc(C)cc4)c4nc(c(C#CC5C=CC=C5)c5ccc2s5)C=C4)C=C3)cc1. The minimum atomic E-state index is 0.0848. The van der Waals surface area contributed by atoms with Crippen molar-refractivity contribution in [2.24, 2.45) is 5.92 Å². The van der Waals surface area contributed by atoms with Gasteiger partial charge in [-0.3, -0.25) is 0 Å². The second-order valence-corrected chi connectivity index (χ2v) is 15.6. The van der Waals surface area contributed by atoms with Gasteiger partial charge in [-0.1, -0.05) is 126 Å². The van der Waals surface area contributed by atoms with Crippen molar-refractivity contribution in [3.63, 3.8) is 0 Å². The van der Waals surface area contributed by atoms with E-state index in [0.717, 1.165) is 80.5 Å². The number of rotatable bonds is 3. The summed E-state index contributed by atoms with van der Waals surface area (Å²) in [5.41, 5.74) is 15.1. The second-order valence-electron chi connectivity index (χ2n) is 13.4. The zero-order valence-electron chi connectivity index (χ0n) is 29.1. The zero-order chi connectivity index (χ0) is 35.2. The van der Waals surface area contributed by atoms with E-state index in [1.807, 2.05) is 0 Å².